The summed E-state index contributed by atoms with van der Waals surface area (Å²) in [7, 11) is 0. The van der Waals surface area contributed by atoms with Crippen molar-refractivity contribution >= 4 is 0 Å². The van der Waals surface area contributed by atoms with Gasteiger partial charge in [-0.2, -0.15) is 0 Å². The summed E-state index contributed by atoms with van der Waals surface area (Å²) >= 11 is 0. The number of hydrogen-bond acceptors (Lipinski definition) is 2. The van der Waals surface area contributed by atoms with Gasteiger partial charge in [0, 0.05) is 6.54 Å². The molecule has 1 unspecified atom stereocenters. The zero-order valence-electron chi connectivity index (χ0n) is 9.32. The van der Waals surface area contributed by atoms with Gasteiger partial charge in [-0.3, -0.25) is 0 Å². The molecular formula is C11H24N2. The van der Waals surface area contributed by atoms with Crippen LogP contribution in [0.1, 0.15) is 33.6 Å². The van der Waals surface area contributed by atoms with E-state index >= 15 is 0 Å². The minimum absolute atomic E-state index is 0.464. The summed E-state index contributed by atoms with van der Waals surface area (Å²) in [6.45, 7) is 11.7. The Morgan fingerprint density at radius 3 is 2.77 bits per heavy atom. The van der Waals surface area contributed by atoms with Crippen LogP contribution >= 0.6 is 0 Å². The van der Waals surface area contributed by atoms with Crippen LogP contribution in [0.3, 0.4) is 0 Å². The van der Waals surface area contributed by atoms with Gasteiger partial charge in [-0.15, -0.1) is 0 Å². The predicted molar refractivity (Wildman–Crippen MR) is 57.9 cm³/mol. The lowest BCUT2D eigenvalue weighted by atomic mass is 9.90. The van der Waals surface area contributed by atoms with E-state index < -0.39 is 0 Å². The van der Waals surface area contributed by atoms with Crippen LogP contribution in [-0.2, 0) is 0 Å². The van der Waals surface area contributed by atoms with Crippen molar-refractivity contribution in [3.8, 4) is 0 Å². The number of nitrogens with one attached hydrogen (secondary N) is 2. The monoisotopic (exact) mass is 184 g/mol. The van der Waals surface area contributed by atoms with E-state index in [-0.39, 0.29) is 0 Å². The van der Waals surface area contributed by atoms with Gasteiger partial charge in [0.15, 0.2) is 0 Å². The van der Waals surface area contributed by atoms with Crippen LogP contribution < -0.4 is 10.6 Å². The topological polar surface area (TPSA) is 24.1 Å². The van der Waals surface area contributed by atoms with Crippen molar-refractivity contribution in [3.63, 3.8) is 0 Å². The molecule has 78 valence electrons. The second kappa shape index (κ2) is 4.97. The van der Waals surface area contributed by atoms with Gasteiger partial charge in [0.25, 0.3) is 0 Å². The number of rotatable bonds is 5. The van der Waals surface area contributed by atoms with Gasteiger partial charge >= 0.3 is 0 Å². The van der Waals surface area contributed by atoms with Crippen LogP contribution in [0, 0.1) is 11.3 Å². The fraction of sp³-hybridized carbons (Fsp3) is 1.00. The molecule has 0 saturated carbocycles. The molecule has 0 bridgehead atoms. The molecule has 2 heteroatoms. The van der Waals surface area contributed by atoms with Crippen molar-refractivity contribution in [2.45, 2.75) is 33.6 Å². The van der Waals surface area contributed by atoms with E-state index in [1.54, 1.807) is 0 Å². The van der Waals surface area contributed by atoms with Crippen molar-refractivity contribution < 1.29 is 0 Å². The minimum atomic E-state index is 0.464. The van der Waals surface area contributed by atoms with Crippen LogP contribution in [0.15, 0.2) is 0 Å². The Morgan fingerprint density at radius 1 is 1.46 bits per heavy atom. The molecule has 0 aromatic heterocycles. The predicted octanol–water partition coefficient (Wildman–Crippen LogP) is 1.62. The molecule has 0 spiro atoms. The SMILES string of the molecule is CCC(C)(C)CNCC1CCNC1. The third kappa shape index (κ3) is 4.10. The second-order valence-corrected chi connectivity index (χ2v) is 5.01. The van der Waals surface area contributed by atoms with Gasteiger partial charge in [0.2, 0.25) is 0 Å². The fourth-order valence-electron chi connectivity index (χ4n) is 1.63. The first-order chi connectivity index (χ1) is 6.14. The maximum Gasteiger partial charge on any atom is 0.000254 e. The van der Waals surface area contributed by atoms with Gasteiger partial charge in [-0.1, -0.05) is 20.8 Å². The smallest absolute Gasteiger partial charge is 0.000254 e. The van der Waals surface area contributed by atoms with Crippen LogP contribution in [-0.4, -0.2) is 26.2 Å². The first kappa shape index (κ1) is 11.0. The van der Waals surface area contributed by atoms with E-state index in [4.69, 9.17) is 0 Å². The normalized spacial score (nSPS) is 23.8. The van der Waals surface area contributed by atoms with Crippen molar-refractivity contribution in [1.29, 1.82) is 0 Å². The van der Waals surface area contributed by atoms with Gasteiger partial charge < -0.3 is 10.6 Å². The van der Waals surface area contributed by atoms with Crippen LogP contribution in [0.2, 0.25) is 0 Å². The summed E-state index contributed by atoms with van der Waals surface area (Å²) < 4.78 is 0. The average molecular weight is 184 g/mol. The first-order valence-electron chi connectivity index (χ1n) is 5.55. The fourth-order valence-corrected chi connectivity index (χ4v) is 1.63. The van der Waals surface area contributed by atoms with Gasteiger partial charge in [0.1, 0.15) is 0 Å². The molecule has 0 aliphatic carbocycles. The lowest BCUT2D eigenvalue weighted by Crippen LogP contribution is -2.33. The molecule has 1 saturated heterocycles. The van der Waals surface area contributed by atoms with E-state index in [1.807, 2.05) is 0 Å². The summed E-state index contributed by atoms with van der Waals surface area (Å²) in [4.78, 5) is 0. The largest absolute Gasteiger partial charge is 0.316 e. The molecule has 1 aliphatic heterocycles. The quantitative estimate of drug-likeness (QED) is 0.678. The summed E-state index contributed by atoms with van der Waals surface area (Å²) in [6.07, 6.45) is 2.60. The highest BCUT2D eigenvalue weighted by molar-refractivity contribution is 4.75. The van der Waals surface area contributed by atoms with Crippen LogP contribution in [0.25, 0.3) is 0 Å². The molecule has 13 heavy (non-hydrogen) atoms. The van der Waals surface area contributed by atoms with Gasteiger partial charge in [0.05, 0.1) is 0 Å². The Hall–Kier alpha value is -0.0800. The Kier molecular flexibility index (Phi) is 4.20. The highest BCUT2D eigenvalue weighted by atomic mass is 14.9. The molecule has 1 heterocycles. The highest BCUT2D eigenvalue weighted by Crippen LogP contribution is 2.18. The summed E-state index contributed by atoms with van der Waals surface area (Å²) in [5.74, 6) is 0.868. The standard InChI is InChI=1S/C11H24N2/c1-4-11(2,3)9-13-8-10-5-6-12-7-10/h10,12-13H,4-9H2,1-3H3. The minimum Gasteiger partial charge on any atom is -0.316 e. The zero-order valence-corrected chi connectivity index (χ0v) is 9.32. The Labute approximate surface area is 82.5 Å². The molecule has 1 atom stereocenters. The van der Waals surface area contributed by atoms with Crippen LogP contribution in [0.4, 0.5) is 0 Å². The number of hydrogen-bond donors (Lipinski definition) is 2. The van der Waals surface area contributed by atoms with Gasteiger partial charge in [-0.25, -0.2) is 0 Å². The van der Waals surface area contributed by atoms with E-state index in [0.29, 0.717) is 5.41 Å². The van der Waals surface area contributed by atoms with Crippen molar-refractivity contribution in [2.24, 2.45) is 11.3 Å². The van der Waals surface area contributed by atoms with E-state index in [2.05, 4.69) is 31.4 Å². The summed E-state index contributed by atoms with van der Waals surface area (Å²) in [5.41, 5.74) is 0.464. The van der Waals surface area contributed by atoms with Crippen molar-refractivity contribution in [3.05, 3.63) is 0 Å². The zero-order chi connectivity index (χ0) is 9.73. The maximum atomic E-state index is 3.58. The van der Waals surface area contributed by atoms with E-state index in [9.17, 15) is 0 Å². The summed E-state index contributed by atoms with van der Waals surface area (Å²) in [5, 5.41) is 6.97. The molecule has 1 aliphatic rings. The molecule has 1 rings (SSSR count). The lowest BCUT2D eigenvalue weighted by molar-refractivity contribution is 0.318. The third-order valence-electron chi connectivity index (χ3n) is 3.16. The Bertz CT molecular complexity index is 137. The Balaban J connectivity index is 2.06. The van der Waals surface area contributed by atoms with Gasteiger partial charge in [-0.05, 0) is 43.8 Å². The molecule has 0 aromatic rings. The molecular weight excluding hydrogens is 160 g/mol. The molecule has 2 nitrogen and oxygen atoms in total. The molecule has 0 radical (unpaired) electrons. The molecule has 0 amide bonds. The molecule has 0 aromatic carbocycles. The van der Waals surface area contributed by atoms with E-state index in [0.717, 1.165) is 12.5 Å². The van der Waals surface area contributed by atoms with Crippen molar-refractivity contribution in [1.82, 2.24) is 10.6 Å². The molecule has 1 fully saturated rings. The second-order valence-electron chi connectivity index (χ2n) is 5.01. The Morgan fingerprint density at radius 2 is 2.23 bits per heavy atom. The maximum absolute atomic E-state index is 3.58. The van der Waals surface area contributed by atoms with Crippen LogP contribution in [0.5, 0.6) is 0 Å². The third-order valence-corrected chi connectivity index (χ3v) is 3.16. The molecule has 2 N–H and O–H groups in total. The lowest BCUT2D eigenvalue weighted by Gasteiger charge is -2.23. The summed E-state index contributed by atoms with van der Waals surface area (Å²) in [6, 6.07) is 0. The first-order valence-corrected chi connectivity index (χ1v) is 5.55. The van der Waals surface area contributed by atoms with E-state index in [1.165, 1.54) is 32.5 Å². The van der Waals surface area contributed by atoms with Crippen molar-refractivity contribution in [2.75, 3.05) is 26.2 Å². The highest BCUT2D eigenvalue weighted by Gasteiger charge is 2.17. The average Bonchev–Trinajstić information content (AvgIpc) is 2.57.